The van der Waals surface area contributed by atoms with E-state index in [4.69, 9.17) is 11.6 Å². The zero-order valence-electron chi connectivity index (χ0n) is 11.7. The van der Waals surface area contributed by atoms with Gasteiger partial charge in [0.05, 0.1) is 9.92 Å². The largest absolute Gasteiger partial charge is 0.242 e. The molecule has 1 aromatic rings. The summed E-state index contributed by atoms with van der Waals surface area (Å²) in [5.41, 5.74) is 0. The predicted molar refractivity (Wildman–Crippen MR) is 81.8 cm³/mol. The van der Waals surface area contributed by atoms with Crippen LogP contribution in [0, 0.1) is 0 Å². The molecule has 0 aromatic heterocycles. The van der Waals surface area contributed by atoms with Gasteiger partial charge in [-0.05, 0) is 31.0 Å². The fourth-order valence-corrected chi connectivity index (χ4v) is 4.98. The molecule has 2 rings (SSSR count). The van der Waals surface area contributed by atoms with Crippen LogP contribution in [0.5, 0.6) is 0 Å². The van der Waals surface area contributed by atoms with Crippen molar-refractivity contribution in [1.29, 1.82) is 0 Å². The van der Waals surface area contributed by atoms with E-state index < -0.39 is 19.9 Å². The van der Waals surface area contributed by atoms with Crippen LogP contribution in [0.3, 0.4) is 0 Å². The number of sulfone groups is 1. The van der Waals surface area contributed by atoms with E-state index in [1.54, 1.807) is 0 Å². The highest BCUT2D eigenvalue weighted by Crippen LogP contribution is 2.26. The lowest BCUT2D eigenvalue weighted by Gasteiger charge is -2.23. The van der Waals surface area contributed by atoms with E-state index in [1.165, 1.54) is 12.1 Å². The molecule has 1 aromatic carbocycles. The van der Waals surface area contributed by atoms with Crippen LogP contribution in [0.2, 0.25) is 5.02 Å². The monoisotopic (exact) mass is 351 g/mol. The molecule has 0 spiro atoms. The summed E-state index contributed by atoms with van der Waals surface area (Å²) in [6.07, 6.45) is 5.71. The molecule has 118 valence electrons. The lowest BCUT2D eigenvalue weighted by Crippen LogP contribution is -2.36. The number of hydrogen-bond acceptors (Lipinski definition) is 4. The Bertz CT molecular complexity index is 723. The Kier molecular flexibility index (Phi) is 4.97. The second-order valence-electron chi connectivity index (χ2n) is 5.32. The van der Waals surface area contributed by atoms with Gasteiger partial charge in [-0.1, -0.05) is 30.9 Å². The third-order valence-electron chi connectivity index (χ3n) is 3.55. The summed E-state index contributed by atoms with van der Waals surface area (Å²) in [6.45, 7) is 0. The lowest BCUT2D eigenvalue weighted by molar-refractivity contribution is 0.412. The van der Waals surface area contributed by atoms with Gasteiger partial charge in [0.15, 0.2) is 9.84 Å². The highest BCUT2D eigenvalue weighted by molar-refractivity contribution is 7.91. The molecular weight excluding hydrogens is 334 g/mol. The van der Waals surface area contributed by atoms with Crippen molar-refractivity contribution in [1.82, 2.24) is 4.72 Å². The van der Waals surface area contributed by atoms with Crippen molar-refractivity contribution in [3.8, 4) is 0 Å². The highest BCUT2D eigenvalue weighted by atomic mass is 35.5. The summed E-state index contributed by atoms with van der Waals surface area (Å²) in [6, 6.07) is 3.61. The van der Waals surface area contributed by atoms with Crippen LogP contribution in [-0.2, 0) is 19.9 Å². The van der Waals surface area contributed by atoms with Gasteiger partial charge in [-0.2, -0.15) is 0 Å². The lowest BCUT2D eigenvalue weighted by atomic mass is 9.96. The van der Waals surface area contributed by atoms with Crippen molar-refractivity contribution in [2.45, 2.75) is 47.9 Å². The highest BCUT2D eigenvalue weighted by Gasteiger charge is 2.25. The van der Waals surface area contributed by atoms with Crippen LogP contribution in [0.25, 0.3) is 0 Å². The van der Waals surface area contributed by atoms with E-state index >= 15 is 0 Å². The Morgan fingerprint density at radius 3 is 2.29 bits per heavy atom. The number of halogens is 1. The summed E-state index contributed by atoms with van der Waals surface area (Å²) >= 11 is 5.93. The number of nitrogens with one attached hydrogen (secondary N) is 1. The molecule has 1 aliphatic carbocycles. The summed E-state index contributed by atoms with van der Waals surface area (Å²) in [4.78, 5) is -0.242. The van der Waals surface area contributed by atoms with Crippen molar-refractivity contribution in [3.63, 3.8) is 0 Å². The van der Waals surface area contributed by atoms with Gasteiger partial charge in [-0.25, -0.2) is 21.6 Å². The zero-order valence-corrected chi connectivity index (χ0v) is 14.1. The van der Waals surface area contributed by atoms with Gasteiger partial charge in [-0.3, -0.25) is 0 Å². The fourth-order valence-electron chi connectivity index (χ4n) is 2.42. The van der Waals surface area contributed by atoms with Gasteiger partial charge in [0, 0.05) is 12.3 Å². The second-order valence-corrected chi connectivity index (χ2v) is 9.43. The van der Waals surface area contributed by atoms with Gasteiger partial charge in [0.25, 0.3) is 0 Å². The first-order chi connectivity index (χ1) is 9.70. The first kappa shape index (κ1) is 16.7. The maximum absolute atomic E-state index is 12.4. The Hall–Kier alpha value is -0.630. The molecule has 1 saturated carbocycles. The molecule has 1 fully saturated rings. The molecule has 0 bridgehead atoms. The van der Waals surface area contributed by atoms with Gasteiger partial charge >= 0.3 is 0 Å². The zero-order chi connectivity index (χ0) is 15.7. The quantitative estimate of drug-likeness (QED) is 0.902. The molecule has 0 unspecified atom stereocenters. The third-order valence-corrected chi connectivity index (χ3v) is 6.66. The van der Waals surface area contributed by atoms with Crippen molar-refractivity contribution < 1.29 is 16.8 Å². The summed E-state index contributed by atoms with van der Waals surface area (Å²) < 4.78 is 50.6. The maximum atomic E-state index is 12.4. The van der Waals surface area contributed by atoms with Crippen molar-refractivity contribution >= 4 is 31.5 Å². The Morgan fingerprint density at radius 2 is 1.71 bits per heavy atom. The summed E-state index contributed by atoms with van der Waals surface area (Å²) in [7, 11) is -7.31. The molecule has 21 heavy (non-hydrogen) atoms. The molecule has 0 saturated heterocycles. The SMILES string of the molecule is CS(=O)(=O)c1ccc(Cl)c(S(=O)(=O)NC2CCCCC2)c1. The van der Waals surface area contributed by atoms with Gasteiger partial charge in [-0.15, -0.1) is 0 Å². The molecule has 0 amide bonds. The molecule has 5 nitrogen and oxygen atoms in total. The van der Waals surface area contributed by atoms with Crippen molar-refractivity contribution in [2.24, 2.45) is 0 Å². The first-order valence-corrected chi connectivity index (χ1v) is 10.5. The summed E-state index contributed by atoms with van der Waals surface area (Å²) in [5.74, 6) is 0. The van der Waals surface area contributed by atoms with Crippen molar-refractivity contribution in [3.05, 3.63) is 23.2 Å². The molecule has 1 N–H and O–H groups in total. The average molecular weight is 352 g/mol. The van der Waals surface area contributed by atoms with Gasteiger partial charge in [0.1, 0.15) is 4.90 Å². The van der Waals surface area contributed by atoms with E-state index in [9.17, 15) is 16.8 Å². The molecule has 0 radical (unpaired) electrons. The van der Waals surface area contributed by atoms with E-state index in [-0.39, 0.29) is 20.9 Å². The number of hydrogen-bond donors (Lipinski definition) is 1. The van der Waals surface area contributed by atoms with E-state index in [0.717, 1.165) is 44.4 Å². The third kappa shape index (κ3) is 4.18. The molecule has 0 heterocycles. The number of rotatable bonds is 4. The summed E-state index contributed by atoms with van der Waals surface area (Å²) in [5, 5.41) is 0.0192. The van der Waals surface area contributed by atoms with Crippen LogP contribution in [0.15, 0.2) is 28.0 Å². The Balaban J connectivity index is 2.34. The maximum Gasteiger partial charge on any atom is 0.242 e. The topological polar surface area (TPSA) is 80.3 Å². The Labute approximate surface area is 130 Å². The minimum absolute atomic E-state index is 0.0192. The predicted octanol–water partition coefficient (Wildman–Crippen LogP) is 2.35. The number of sulfonamides is 1. The van der Waals surface area contributed by atoms with E-state index in [2.05, 4.69) is 4.72 Å². The van der Waals surface area contributed by atoms with Gasteiger partial charge in [0.2, 0.25) is 10.0 Å². The smallest absolute Gasteiger partial charge is 0.224 e. The average Bonchev–Trinajstić information content (AvgIpc) is 2.38. The van der Waals surface area contributed by atoms with Crippen LogP contribution in [-0.4, -0.2) is 29.1 Å². The Morgan fingerprint density at radius 1 is 1.10 bits per heavy atom. The van der Waals surface area contributed by atoms with Crippen LogP contribution in [0.4, 0.5) is 0 Å². The first-order valence-electron chi connectivity index (χ1n) is 6.72. The standard InChI is InChI=1S/C13H18ClNO4S2/c1-20(16,17)11-7-8-12(14)13(9-11)21(18,19)15-10-5-3-2-4-6-10/h7-10,15H,2-6H2,1H3. The molecule has 8 heteroatoms. The normalized spacial score (nSPS) is 17.8. The van der Waals surface area contributed by atoms with Crippen LogP contribution < -0.4 is 4.72 Å². The molecule has 0 atom stereocenters. The van der Waals surface area contributed by atoms with Crippen molar-refractivity contribution in [2.75, 3.05) is 6.26 Å². The minimum atomic E-state index is -3.82. The fraction of sp³-hybridized carbons (Fsp3) is 0.538. The van der Waals surface area contributed by atoms with Crippen LogP contribution in [0.1, 0.15) is 32.1 Å². The number of benzene rings is 1. The van der Waals surface area contributed by atoms with E-state index in [0.29, 0.717) is 0 Å². The molecular formula is C13H18ClNO4S2. The van der Waals surface area contributed by atoms with E-state index in [1.807, 2.05) is 0 Å². The molecule has 1 aliphatic rings. The second kappa shape index (κ2) is 6.24. The van der Waals surface area contributed by atoms with Gasteiger partial charge < -0.3 is 0 Å². The van der Waals surface area contributed by atoms with Crippen LogP contribution >= 0.6 is 11.6 Å². The minimum Gasteiger partial charge on any atom is -0.224 e. The molecule has 0 aliphatic heterocycles.